The van der Waals surface area contributed by atoms with Gasteiger partial charge in [-0.15, -0.1) is 23.7 Å². The lowest BCUT2D eigenvalue weighted by Crippen LogP contribution is -2.37. The molecule has 0 aliphatic heterocycles. The van der Waals surface area contributed by atoms with E-state index < -0.39 is 15.9 Å². The Morgan fingerprint density at radius 1 is 1.36 bits per heavy atom. The van der Waals surface area contributed by atoms with Gasteiger partial charge in [0, 0.05) is 11.1 Å². The molecule has 2 rings (SSSR count). The lowest BCUT2D eigenvalue weighted by molar-refractivity contribution is -0.117. The number of nitrogens with one attached hydrogen (secondary N) is 1. The molecule has 1 amide bonds. The van der Waals surface area contributed by atoms with Crippen LogP contribution in [0, 0.1) is 0 Å². The van der Waals surface area contributed by atoms with Crippen LogP contribution in [0.15, 0.2) is 0 Å². The van der Waals surface area contributed by atoms with Gasteiger partial charge in [-0.3, -0.25) is 4.79 Å². The van der Waals surface area contributed by atoms with Crippen LogP contribution in [0.3, 0.4) is 0 Å². The predicted octanol–water partition coefficient (Wildman–Crippen LogP) is 1.53. The molecule has 1 atom stereocenters. The van der Waals surface area contributed by atoms with Crippen molar-refractivity contribution in [1.82, 2.24) is 4.98 Å². The van der Waals surface area contributed by atoms with E-state index in [0.29, 0.717) is 5.13 Å². The number of aryl methyl sites for hydroxylation is 2. The molecule has 22 heavy (non-hydrogen) atoms. The highest BCUT2D eigenvalue weighted by molar-refractivity contribution is 7.90. The Bertz CT molecular complexity index is 593. The van der Waals surface area contributed by atoms with Crippen LogP contribution in [0.5, 0.6) is 0 Å². The number of anilines is 1. The Morgan fingerprint density at radius 3 is 2.73 bits per heavy atom. The number of aromatic nitrogens is 1. The molecule has 1 heterocycles. The normalized spacial score (nSPS) is 16.1. The van der Waals surface area contributed by atoms with Gasteiger partial charge in [-0.25, -0.2) is 13.4 Å². The van der Waals surface area contributed by atoms with Gasteiger partial charge in [0.2, 0.25) is 5.91 Å². The Hall–Kier alpha value is -0.700. The standard InChI is InChI=1S/C13H21N3O3S2.ClH/c1-21(18,19)8-7-9(14)12(17)16-13-15-10-5-3-2-4-6-11(10)20-13;/h9H,2-8,14H2,1H3,(H,15,16,17);1H. The number of fused-ring (bicyclic) bond motifs is 1. The molecule has 9 heteroatoms. The number of hydrogen-bond acceptors (Lipinski definition) is 6. The Balaban J connectivity index is 0.00000242. The first kappa shape index (κ1) is 19.3. The topological polar surface area (TPSA) is 102 Å². The second kappa shape index (κ2) is 8.24. The average molecular weight is 368 g/mol. The highest BCUT2D eigenvalue weighted by Gasteiger charge is 2.19. The number of sulfone groups is 1. The average Bonchev–Trinajstić information content (AvgIpc) is 2.64. The van der Waals surface area contributed by atoms with Crippen molar-refractivity contribution < 1.29 is 13.2 Å². The molecule has 0 aromatic carbocycles. The summed E-state index contributed by atoms with van der Waals surface area (Å²) in [7, 11) is -3.10. The molecular formula is C13H22ClN3O3S2. The number of amides is 1. The van der Waals surface area contributed by atoms with Gasteiger partial charge in [0.05, 0.1) is 17.5 Å². The second-order valence-corrected chi connectivity index (χ2v) is 8.81. The van der Waals surface area contributed by atoms with Crippen molar-refractivity contribution in [3.8, 4) is 0 Å². The maximum atomic E-state index is 11.9. The molecule has 126 valence electrons. The first-order valence-electron chi connectivity index (χ1n) is 7.08. The predicted molar refractivity (Wildman–Crippen MR) is 91.6 cm³/mol. The molecule has 1 unspecified atom stereocenters. The van der Waals surface area contributed by atoms with E-state index in [9.17, 15) is 13.2 Å². The molecule has 1 aromatic rings. The van der Waals surface area contributed by atoms with E-state index in [1.165, 1.54) is 22.6 Å². The maximum Gasteiger partial charge on any atom is 0.243 e. The molecular weight excluding hydrogens is 346 g/mol. The number of nitrogens with zero attached hydrogens (tertiary/aromatic N) is 1. The molecule has 3 N–H and O–H groups in total. The quantitative estimate of drug-likeness (QED) is 0.768. The number of rotatable bonds is 5. The van der Waals surface area contributed by atoms with Crippen molar-refractivity contribution >= 4 is 44.6 Å². The number of thiazole rings is 1. The van der Waals surface area contributed by atoms with Crippen LogP contribution in [-0.4, -0.2) is 37.4 Å². The van der Waals surface area contributed by atoms with Gasteiger partial charge in [0.15, 0.2) is 5.13 Å². The van der Waals surface area contributed by atoms with Crippen molar-refractivity contribution in [2.75, 3.05) is 17.3 Å². The maximum absolute atomic E-state index is 11.9. The van der Waals surface area contributed by atoms with E-state index in [1.54, 1.807) is 0 Å². The summed E-state index contributed by atoms with van der Waals surface area (Å²) < 4.78 is 22.2. The third-order valence-corrected chi connectivity index (χ3v) is 5.51. The van der Waals surface area contributed by atoms with Gasteiger partial charge in [-0.2, -0.15) is 0 Å². The lowest BCUT2D eigenvalue weighted by Gasteiger charge is -2.09. The van der Waals surface area contributed by atoms with Gasteiger partial charge in [0.25, 0.3) is 0 Å². The van der Waals surface area contributed by atoms with E-state index in [0.717, 1.165) is 37.6 Å². The summed E-state index contributed by atoms with van der Waals surface area (Å²) in [5, 5.41) is 3.28. The minimum atomic E-state index is -3.10. The third kappa shape index (κ3) is 5.83. The first-order chi connectivity index (χ1) is 9.85. The largest absolute Gasteiger partial charge is 0.320 e. The number of carbonyl (C=O) groups excluding carboxylic acids is 1. The van der Waals surface area contributed by atoms with Crippen molar-refractivity contribution in [2.24, 2.45) is 5.73 Å². The molecule has 1 aliphatic carbocycles. The minimum Gasteiger partial charge on any atom is -0.320 e. The molecule has 0 fully saturated rings. The molecule has 1 aliphatic rings. The fourth-order valence-corrected chi connectivity index (χ4v) is 3.99. The summed E-state index contributed by atoms with van der Waals surface area (Å²) in [6.07, 6.45) is 6.76. The van der Waals surface area contributed by atoms with Crippen LogP contribution in [-0.2, 0) is 27.5 Å². The van der Waals surface area contributed by atoms with Crippen LogP contribution >= 0.6 is 23.7 Å². The zero-order valence-electron chi connectivity index (χ0n) is 12.5. The van der Waals surface area contributed by atoms with Crippen LogP contribution < -0.4 is 11.1 Å². The SMILES string of the molecule is CS(=O)(=O)CCC(N)C(=O)Nc1nc2c(s1)CCCCC2.Cl. The van der Waals surface area contributed by atoms with Gasteiger partial charge in [0.1, 0.15) is 9.84 Å². The van der Waals surface area contributed by atoms with Gasteiger partial charge in [-0.1, -0.05) is 6.42 Å². The number of hydrogen-bond donors (Lipinski definition) is 2. The number of nitrogens with two attached hydrogens (primary N) is 1. The fourth-order valence-electron chi connectivity index (χ4n) is 2.25. The van der Waals surface area contributed by atoms with E-state index >= 15 is 0 Å². The second-order valence-electron chi connectivity index (χ2n) is 5.46. The zero-order valence-corrected chi connectivity index (χ0v) is 15.0. The van der Waals surface area contributed by atoms with Crippen molar-refractivity contribution in [1.29, 1.82) is 0 Å². The molecule has 1 aromatic heterocycles. The fraction of sp³-hybridized carbons (Fsp3) is 0.692. The van der Waals surface area contributed by atoms with Gasteiger partial charge in [-0.05, 0) is 32.1 Å². The smallest absolute Gasteiger partial charge is 0.243 e. The minimum absolute atomic E-state index is 0. The first-order valence-corrected chi connectivity index (χ1v) is 9.95. The molecule has 0 saturated heterocycles. The molecule has 6 nitrogen and oxygen atoms in total. The Kier molecular flexibility index (Phi) is 7.24. The third-order valence-electron chi connectivity index (χ3n) is 3.46. The van der Waals surface area contributed by atoms with E-state index in [-0.39, 0.29) is 30.5 Å². The van der Waals surface area contributed by atoms with E-state index in [4.69, 9.17) is 5.73 Å². The van der Waals surface area contributed by atoms with Gasteiger partial charge < -0.3 is 11.1 Å². The van der Waals surface area contributed by atoms with E-state index in [2.05, 4.69) is 10.3 Å². The Labute approximate surface area is 141 Å². The van der Waals surface area contributed by atoms with Crippen LogP contribution in [0.25, 0.3) is 0 Å². The van der Waals surface area contributed by atoms with Crippen molar-refractivity contribution in [2.45, 2.75) is 44.6 Å². The van der Waals surface area contributed by atoms with Crippen molar-refractivity contribution in [3.63, 3.8) is 0 Å². The van der Waals surface area contributed by atoms with Crippen LogP contribution in [0.1, 0.15) is 36.3 Å². The summed E-state index contributed by atoms with van der Waals surface area (Å²) >= 11 is 1.50. The van der Waals surface area contributed by atoms with Crippen molar-refractivity contribution in [3.05, 3.63) is 10.6 Å². The van der Waals surface area contributed by atoms with Crippen LogP contribution in [0.4, 0.5) is 5.13 Å². The molecule has 0 bridgehead atoms. The number of halogens is 1. The molecule has 0 radical (unpaired) electrons. The summed E-state index contributed by atoms with van der Waals surface area (Å²) in [6.45, 7) is 0. The lowest BCUT2D eigenvalue weighted by atomic mass is 10.2. The number of carbonyl (C=O) groups is 1. The highest BCUT2D eigenvalue weighted by atomic mass is 35.5. The van der Waals surface area contributed by atoms with Gasteiger partial charge >= 0.3 is 0 Å². The summed E-state index contributed by atoms with van der Waals surface area (Å²) in [6, 6.07) is -0.830. The molecule has 0 spiro atoms. The van der Waals surface area contributed by atoms with E-state index in [1.807, 2.05) is 0 Å². The summed E-state index contributed by atoms with van der Waals surface area (Å²) in [5.41, 5.74) is 6.80. The zero-order chi connectivity index (χ0) is 15.5. The van der Waals surface area contributed by atoms with Crippen LogP contribution in [0.2, 0.25) is 0 Å². The molecule has 0 saturated carbocycles. The summed E-state index contributed by atoms with van der Waals surface area (Å²) in [5.74, 6) is -0.460. The summed E-state index contributed by atoms with van der Waals surface area (Å²) in [4.78, 5) is 17.6. The monoisotopic (exact) mass is 367 g/mol. The highest BCUT2D eigenvalue weighted by Crippen LogP contribution is 2.28. The Morgan fingerprint density at radius 2 is 2.05 bits per heavy atom.